The van der Waals surface area contributed by atoms with Gasteiger partial charge in [0.05, 0.1) is 5.92 Å². The molecule has 1 rings (SSSR count). The molecule has 1 N–H and O–H groups in total. The average molecular weight is 292 g/mol. The molecule has 7 heteroatoms. The Labute approximate surface area is 115 Å². The molecule has 0 spiro atoms. The Morgan fingerprint density at radius 2 is 1.89 bits per heavy atom. The molecule has 1 saturated heterocycles. The minimum Gasteiger partial charge on any atom is -0.481 e. The second-order valence-corrected chi connectivity index (χ2v) is 6.86. The zero-order valence-electron chi connectivity index (χ0n) is 11.9. The Hall–Kier alpha value is -0.660. The minimum atomic E-state index is -3.46. The summed E-state index contributed by atoms with van der Waals surface area (Å²) in [7, 11) is -3.46. The van der Waals surface area contributed by atoms with E-state index < -0.39 is 22.1 Å². The van der Waals surface area contributed by atoms with E-state index in [1.54, 1.807) is 0 Å². The van der Waals surface area contributed by atoms with E-state index >= 15 is 0 Å². The fourth-order valence-corrected chi connectivity index (χ4v) is 4.29. The van der Waals surface area contributed by atoms with Crippen LogP contribution in [0.1, 0.15) is 40.0 Å². The Balaban J connectivity index is 2.76. The van der Waals surface area contributed by atoms with Crippen LogP contribution in [0.25, 0.3) is 0 Å². The maximum Gasteiger partial charge on any atom is 0.306 e. The second-order valence-electron chi connectivity index (χ2n) is 4.98. The van der Waals surface area contributed by atoms with Crippen molar-refractivity contribution in [1.29, 1.82) is 0 Å². The average Bonchev–Trinajstić information content (AvgIpc) is 2.39. The smallest absolute Gasteiger partial charge is 0.306 e. The van der Waals surface area contributed by atoms with Crippen LogP contribution in [0.4, 0.5) is 0 Å². The lowest BCUT2D eigenvalue weighted by atomic mass is 9.99. The third-order valence-corrected chi connectivity index (χ3v) is 6.05. The zero-order valence-corrected chi connectivity index (χ0v) is 12.7. The van der Waals surface area contributed by atoms with E-state index in [1.165, 1.54) is 8.61 Å². The van der Waals surface area contributed by atoms with Crippen LogP contribution in [-0.4, -0.2) is 53.8 Å². The normalized spacial score (nSPS) is 20.6. The van der Waals surface area contributed by atoms with Gasteiger partial charge in [-0.25, -0.2) is 0 Å². The topological polar surface area (TPSA) is 77.9 Å². The summed E-state index contributed by atoms with van der Waals surface area (Å²) in [6, 6.07) is -0.0350. The van der Waals surface area contributed by atoms with E-state index in [2.05, 4.69) is 0 Å². The number of aliphatic carboxylic acids is 1. The van der Waals surface area contributed by atoms with Crippen LogP contribution < -0.4 is 0 Å². The van der Waals surface area contributed by atoms with E-state index in [0.29, 0.717) is 32.5 Å². The van der Waals surface area contributed by atoms with E-state index in [0.717, 1.165) is 6.42 Å². The van der Waals surface area contributed by atoms with Crippen LogP contribution >= 0.6 is 0 Å². The van der Waals surface area contributed by atoms with Crippen LogP contribution in [0.2, 0.25) is 0 Å². The predicted molar refractivity (Wildman–Crippen MR) is 73.0 cm³/mol. The summed E-state index contributed by atoms with van der Waals surface area (Å²) in [5.74, 6) is -1.24. The number of carbonyl (C=O) groups is 1. The summed E-state index contributed by atoms with van der Waals surface area (Å²) >= 11 is 0. The van der Waals surface area contributed by atoms with Crippen molar-refractivity contribution in [3.8, 4) is 0 Å². The summed E-state index contributed by atoms with van der Waals surface area (Å²) < 4.78 is 27.9. The number of hydrogen-bond donors (Lipinski definition) is 1. The van der Waals surface area contributed by atoms with Gasteiger partial charge in [0.15, 0.2) is 0 Å². The van der Waals surface area contributed by atoms with E-state index in [1.807, 2.05) is 20.8 Å². The SMILES string of the molecule is CCC(C)N(CC)S(=O)(=O)N1CCC(C(=O)O)CC1. The molecule has 0 bridgehead atoms. The monoisotopic (exact) mass is 292 g/mol. The first kappa shape index (κ1) is 16.4. The van der Waals surface area contributed by atoms with Crippen molar-refractivity contribution < 1.29 is 18.3 Å². The van der Waals surface area contributed by atoms with Crippen LogP contribution in [0.3, 0.4) is 0 Å². The highest BCUT2D eigenvalue weighted by Gasteiger charge is 2.35. The molecule has 0 aliphatic carbocycles. The van der Waals surface area contributed by atoms with Gasteiger partial charge in [-0.15, -0.1) is 0 Å². The number of nitrogens with zero attached hydrogens (tertiary/aromatic N) is 2. The van der Waals surface area contributed by atoms with Crippen molar-refractivity contribution in [2.24, 2.45) is 5.92 Å². The van der Waals surface area contributed by atoms with Crippen molar-refractivity contribution in [2.75, 3.05) is 19.6 Å². The molecular weight excluding hydrogens is 268 g/mol. The highest BCUT2D eigenvalue weighted by molar-refractivity contribution is 7.86. The van der Waals surface area contributed by atoms with E-state index in [-0.39, 0.29) is 6.04 Å². The minimum absolute atomic E-state index is 0.0350. The molecule has 0 saturated carbocycles. The molecule has 1 aliphatic heterocycles. The van der Waals surface area contributed by atoms with Gasteiger partial charge in [-0.3, -0.25) is 4.79 Å². The maximum absolute atomic E-state index is 12.5. The van der Waals surface area contributed by atoms with Gasteiger partial charge in [0.25, 0.3) is 10.2 Å². The maximum atomic E-state index is 12.5. The summed E-state index contributed by atoms with van der Waals surface area (Å²) in [6.45, 7) is 6.72. The number of carboxylic acids is 1. The van der Waals surface area contributed by atoms with Crippen LogP contribution in [0.15, 0.2) is 0 Å². The summed E-state index contributed by atoms with van der Waals surface area (Å²) in [5, 5.41) is 8.93. The summed E-state index contributed by atoms with van der Waals surface area (Å²) in [5.41, 5.74) is 0. The lowest BCUT2D eigenvalue weighted by Gasteiger charge is -2.35. The Morgan fingerprint density at radius 1 is 1.37 bits per heavy atom. The van der Waals surface area contributed by atoms with E-state index in [9.17, 15) is 13.2 Å². The molecule has 1 fully saturated rings. The molecule has 6 nitrogen and oxygen atoms in total. The van der Waals surface area contributed by atoms with Gasteiger partial charge in [-0.1, -0.05) is 13.8 Å². The molecule has 0 aromatic rings. The molecule has 1 atom stereocenters. The quantitative estimate of drug-likeness (QED) is 0.796. The van der Waals surface area contributed by atoms with Crippen LogP contribution in [-0.2, 0) is 15.0 Å². The molecule has 19 heavy (non-hydrogen) atoms. The molecule has 1 unspecified atom stereocenters. The van der Waals surface area contributed by atoms with Gasteiger partial charge < -0.3 is 5.11 Å². The third-order valence-electron chi connectivity index (χ3n) is 3.82. The number of piperidine rings is 1. The first-order valence-corrected chi connectivity index (χ1v) is 8.24. The number of hydrogen-bond acceptors (Lipinski definition) is 3. The molecule has 1 aliphatic rings. The molecule has 0 radical (unpaired) electrons. The molecule has 0 aromatic carbocycles. The zero-order chi connectivity index (χ0) is 14.6. The third kappa shape index (κ3) is 3.67. The first-order valence-electron chi connectivity index (χ1n) is 6.84. The summed E-state index contributed by atoms with van der Waals surface area (Å²) in [4.78, 5) is 10.9. The van der Waals surface area contributed by atoms with Gasteiger partial charge in [-0.05, 0) is 26.2 Å². The standard InChI is InChI=1S/C12H24N2O4S/c1-4-10(3)14(5-2)19(17,18)13-8-6-11(7-9-13)12(15)16/h10-11H,4-9H2,1-3H3,(H,15,16). The lowest BCUT2D eigenvalue weighted by Crippen LogP contribution is -2.50. The van der Waals surface area contributed by atoms with Gasteiger partial charge in [-0.2, -0.15) is 17.0 Å². The highest BCUT2D eigenvalue weighted by Crippen LogP contribution is 2.23. The Morgan fingerprint density at radius 3 is 2.26 bits per heavy atom. The predicted octanol–water partition coefficient (Wildman–Crippen LogP) is 1.15. The lowest BCUT2D eigenvalue weighted by molar-refractivity contribution is -0.142. The molecule has 0 amide bonds. The van der Waals surface area contributed by atoms with Gasteiger partial charge in [0.2, 0.25) is 0 Å². The number of carboxylic acid groups (broad SMARTS) is 1. The van der Waals surface area contributed by atoms with Gasteiger partial charge in [0.1, 0.15) is 0 Å². The van der Waals surface area contributed by atoms with Crippen molar-refractivity contribution in [2.45, 2.75) is 46.1 Å². The van der Waals surface area contributed by atoms with Crippen LogP contribution in [0.5, 0.6) is 0 Å². The highest BCUT2D eigenvalue weighted by atomic mass is 32.2. The Kier molecular flexibility index (Phi) is 5.76. The second kappa shape index (κ2) is 6.67. The number of rotatable bonds is 6. The molecule has 112 valence electrons. The van der Waals surface area contributed by atoms with Crippen molar-refractivity contribution in [3.63, 3.8) is 0 Å². The van der Waals surface area contributed by atoms with Crippen molar-refractivity contribution >= 4 is 16.2 Å². The van der Waals surface area contributed by atoms with Gasteiger partial charge >= 0.3 is 5.97 Å². The largest absolute Gasteiger partial charge is 0.481 e. The molecular formula is C12H24N2O4S. The Bertz CT molecular complexity index is 402. The fraction of sp³-hybridized carbons (Fsp3) is 0.917. The van der Waals surface area contributed by atoms with E-state index in [4.69, 9.17) is 5.11 Å². The first-order chi connectivity index (χ1) is 8.84. The fourth-order valence-electron chi connectivity index (χ4n) is 2.39. The molecule has 0 aromatic heterocycles. The van der Waals surface area contributed by atoms with Crippen molar-refractivity contribution in [3.05, 3.63) is 0 Å². The van der Waals surface area contributed by atoms with Gasteiger partial charge in [0, 0.05) is 25.7 Å². The van der Waals surface area contributed by atoms with Crippen molar-refractivity contribution in [1.82, 2.24) is 8.61 Å². The van der Waals surface area contributed by atoms with Crippen LogP contribution in [0, 0.1) is 5.92 Å². The molecule has 1 heterocycles. The summed E-state index contributed by atoms with van der Waals surface area (Å²) in [6.07, 6.45) is 1.55.